The first-order valence-electron chi connectivity index (χ1n) is 4.61. The van der Waals surface area contributed by atoms with Crippen molar-refractivity contribution < 1.29 is 0 Å². The van der Waals surface area contributed by atoms with Crippen LogP contribution in [0.15, 0.2) is 12.2 Å². The van der Waals surface area contributed by atoms with Crippen LogP contribution in [-0.2, 0) is 0 Å². The molecule has 0 radical (unpaired) electrons. The van der Waals surface area contributed by atoms with E-state index >= 15 is 0 Å². The SMILES string of the molecule is CC=CCCN(C)CCCC. The summed E-state index contributed by atoms with van der Waals surface area (Å²) in [5.41, 5.74) is 0. The highest BCUT2D eigenvalue weighted by molar-refractivity contribution is 4.77. The average molecular weight is 155 g/mol. The molecule has 0 spiro atoms. The van der Waals surface area contributed by atoms with Crippen LogP contribution in [0.4, 0.5) is 0 Å². The molecule has 0 N–H and O–H groups in total. The lowest BCUT2D eigenvalue weighted by Crippen LogP contribution is -2.20. The molecule has 0 aromatic heterocycles. The van der Waals surface area contributed by atoms with Crippen LogP contribution in [-0.4, -0.2) is 25.0 Å². The van der Waals surface area contributed by atoms with Gasteiger partial charge in [0.25, 0.3) is 0 Å². The first-order valence-corrected chi connectivity index (χ1v) is 4.61. The third kappa shape index (κ3) is 7.60. The maximum Gasteiger partial charge on any atom is 0.00128 e. The zero-order valence-corrected chi connectivity index (χ0v) is 8.14. The Hall–Kier alpha value is -0.300. The molecule has 11 heavy (non-hydrogen) atoms. The molecule has 0 atom stereocenters. The van der Waals surface area contributed by atoms with Crippen LogP contribution in [0.1, 0.15) is 33.1 Å². The highest BCUT2D eigenvalue weighted by Gasteiger charge is 1.93. The number of allylic oxidation sites excluding steroid dienone is 1. The number of hydrogen-bond acceptors (Lipinski definition) is 1. The summed E-state index contributed by atoms with van der Waals surface area (Å²) in [5, 5.41) is 0. The quantitative estimate of drug-likeness (QED) is 0.533. The van der Waals surface area contributed by atoms with Gasteiger partial charge in [-0.05, 0) is 33.4 Å². The molecule has 66 valence electrons. The van der Waals surface area contributed by atoms with Crippen molar-refractivity contribution in [3.63, 3.8) is 0 Å². The van der Waals surface area contributed by atoms with Crippen LogP contribution in [0.2, 0.25) is 0 Å². The van der Waals surface area contributed by atoms with E-state index < -0.39 is 0 Å². The van der Waals surface area contributed by atoms with E-state index in [9.17, 15) is 0 Å². The second kappa shape index (κ2) is 7.80. The van der Waals surface area contributed by atoms with Gasteiger partial charge in [0.2, 0.25) is 0 Å². The van der Waals surface area contributed by atoms with Gasteiger partial charge in [-0.15, -0.1) is 0 Å². The predicted molar refractivity (Wildman–Crippen MR) is 51.8 cm³/mol. The molecule has 0 bridgehead atoms. The standard InChI is InChI=1S/C10H21N/c1-4-6-8-10-11(3)9-7-5-2/h4,6H,5,7-10H2,1-3H3. The average Bonchev–Trinajstić information content (AvgIpc) is 2.01. The summed E-state index contributed by atoms with van der Waals surface area (Å²) in [7, 11) is 2.19. The normalized spacial score (nSPS) is 11.6. The summed E-state index contributed by atoms with van der Waals surface area (Å²) in [6.45, 7) is 6.75. The highest BCUT2D eigenvalue weighted by atomic mass is 15.1. The maximum atomic E-state index is 2.39. The van der Waals surface area contributed by atoms with Crippen molar-refractivity contribution >= 4 is 0 Å². The van der Waals surface area contributed by atoms with Crippen LogP contribution in [0.25, 0.3) is 0 Å². The van der Waals surface area contributed by atoms with Gasteiger partial charge in [0.1, 0.15) is 0 Å². The Morgan fingerprint density at radius 1 is 1.27 bits per heavy atom. The molecule has 0 saturated carbocycles. The topological polar surface area (TPSA) is 3.24 Å². The second-order valence-electron chi connectivity index (χ2n) is 3.01. The van der Waals surface area contributed by atoms with Gasteiger partial charge in [0, 0.05) is 6.54 Å². The first-order chi connectivity index (χ1) is 5.31. The minimum atomic E-state index is 1.19. The largest absolute Gasteiger partial charge is 0.306 e. The van der Waals surface area contributed by atoms with E-state index in [0.29, 0.717) is 0 Å². The van der Waals surface area contributed by atoms with Crippen LogP contribution in [0.5, 0.6) is 0 Å². The van der Waals surface area contributed by atoms with Crippen molar-refractivity contribution in [2.45, 2.75) is 33.1 Å². The molecule has 0 rings (SSSR count). The van der Waals surface area contributed by atoms with E-state index in [1.165, 1.54) is 32.4 Å². The summed E-state index contributed by atoms with van der Waals surface area (Å²) < 4.78 is 0. The number of nitrogens with zero attached hydrogens (tertiary/aromatic N) is 1. The maximum absolute atomic E-state index is 2.39. The van der Waals surface area contributed by atoms with Gasteiger partial charge in [0.05, 0.1) is 0 Å². The molecule has 0 aliphatic rings. The number of unbranched alkanes of at least 4 members (excludes halogenated alkanes) is 1. The van der Waals surface area contributed by atoms with Crippen LogP contribution in [0.3, 0.4) is 0 Å². The van der Waals surface area contributed by atoms with Gasteiger partial charge in [-0.2, -0.15) is 0 Å². The Morgan fingerprint density at radius 2 is 2.00 bits per heavy atom. The summed E-state index contributed by atoms with van der Waals surface area (Å²) in [4.78, 5) is 2.39. The van der Waals surface area contributed by atoms with E-state index in [4.69, 9.17) is 0 Å². The summed E-state index contributed by atoms with van der Waals surface area (Å²) in [5.74, 6) is 0. The fourth-order valence-electron chi connectivity index (χ4n) is 1.00. The van der Waals surface area contributed by atoms with Gasteiger partial charge in [-0.25, -0.2) is 0 Å². The number of hydrogen-bond donors (Lipinski definition) is 0. The highest BCUT2D eigenvalue weighted by Crippen LogP contribution is 1.93. The van der Waals surface area contributed by atoms with Gasteiger partial charge < -0.3 is 4.90 Å². The number of rotatable bonds is 6. The smallest absolute Gasteiger partial charge is 0.00128 e. The van der Waals surface area contributed by atoms with Crippen LogP contribution >= 0.6 is 0 Å². The molecule has 1 heteroatoms. The minimum Gasteiger partial charge on any atom is -0.306 e. The summed E-state index contributed by atoms with van der Waals surface area (Å²) >= 11 is 0. The second-order valence-corrected chi connectivity index (χ2v) is 3.01. The van der Waals surface area contributed by atoms with E-state index in [2.05, 4.69) is 37.9 Å². The van der Waals surface area contributed by atoms with Crippen molar-refractivity contribution in [3.8, 4) is 0 Å². The molecular weight excluding hydrogens is 134 g/mol. The molecule has 0 aromatic carbocycles. The zero-order valence-electron chi connectivity index (χ0n) is 8.14. The fraction of sp³-hybridized carbons (Fsp3) is 0.800. The minimum absolute atomic E-state index is 1.19. The molecule has 0 unspecified atom stereocenters. The van der Waals surface area contributed by atoms with Gasteiger partial charge in [-0.3, -0.25) is 0 Å². The Kier molecular flexibility index (Phi) is 7.59. The lowest BCUT2D eigenvalue weighted by atomic mass is 10.3. The molecule has 0 aromatic rings. The van der Waals surface area contributed by atoms with Crippen molar-refractivity contribution in [2.24, 2.45) is 0 Å². The van der Waals surface area contributed by atoms with E-state index in [1.54, 1.807) is 0 Å². The zero-order chi connectivity index (χ0) is 8.53. The van der Waals surface area contributed by atoms with Gasteiger partial charge in [-0.1, -0.05) is 25.5 Å². The molecule has 0 aliphatic heterocycles. The Morgan fingerprint density at radius 3 is 2.55 bits per heavy atom. The van der Waals surface area contributed by atoms with Crippen molar-refractivity contribution in [3.05, 3.63) is 12.2 Å². The Balaban J connectivity index is 3.15. The summed E-state index contributed by atoms with van der Waals surface area (Å²) in [6.07, 6.45) is 8.16. The Labute approximate surface area is 71.1 Å². The molecule has 0 saturated heterocycles. The van der Waals surface area contributed by atoms with Crippen LogP contribution in [0, 0.1) is 0 Å². The molecule has 0 aliphatic carbocycles. The van der Waals surface area contributed by atoms with Crippen molar-refractivity contribution in [1.29, 1.82) is 0 Å². The lowest BCUT2D eigenvalue weighted by molar-refractivity contribution is 0.334. The summed E-state index contributed by atoms with van der Waals surface area (Å²) in [6, 6.07) is 0. The van der Waals surface area contributed by atoms with Gasteiger partial charge >= 0.3 is 0 Å². The van der Waals surface area contributed by atoms with Gasteiger partial charge in [0.15, 0.2) is 0 Å². The van der Waals surface area contributed by atoms with E-state index in [0.717, 1.165) is 0 Å². The van der Waals surface area contributed by atoms with E-state index in [1.807, 2.05) is 0 Å². The third-order valence-corrected chi connectivity index (χ3v) is 1.81. The molecule has 0 fully saturated rings. The van der Waals surface area contributed by atoms with E-state index in [-0.39, 0.29) is 0 Å². The molecular formula is C10H21N. The third-order valence-electron chi connectivity index (χ3n) is 1.81. The molecule has 0 heterocycles. The van der Waals surface area contributed by atoms with Crippen LogP contribution < -0.4 is 0 Å². The van der Waals surface area contributed by atoms with Crippen molar-refractivity contribution in [2.75, 3.05) is 20.1 Å². The fourth-order valence-corrected chi connectivity index (χ4v) is 1.00. The monoisotopic (exact) mass is 155 g/mol. The molecule has 0 amide bonds. The Bertz CT molecular complexity index is 97.0. The van der Waals surface area contributed by atoms with Crippen molar-refractivity contribution in [1.82, 2.24) is 4.90 Å². The lowest BCUT2D eigenvalue weighted by Gasteiger charge is -2.14. The first kappa shape index (κ1) is 10.7. The predicted octanol–water partition coefficient (Wildman–Crippen LogP) is 2.68. The molecule has 1 nitrogen and oxygen atoms in total.